The molecule has 1 aliphatic rings. The number of carbonyl (C=O) groups is 2. The smallest absolute Gasteiger partial charge is 0.295 e. The van der Waals surface area contributed by atoms with Crippen LogP contribution in [0.3, 0.4) is 0 Å². The van der Waals surface area contributed by atoms with E-state index in [9.17, 15) is 14.4 Å². The van der Waals surface area contributed by atoms with Crippen LogP contribution in [0, 0.1) is 5.92 Å². The van der Waals surface area contributed by atoms with Gasteiger partial charge in [0.2, 0.25) is 5.76 Å². The van der Waals surface area contributed by atoms with E-state index in [-0.39, 0.29) is 33.5 Å². The zero-order valence-electron chi connectivity index (χ0n) is 22.8. The van der Waals surface area contributed by atoms with Gasteiger partial charge in [0, 0.05) is 16.3 Å². The van der Waals surface area contributed by atoms with Crippen LogP contribution in [0.25, 0.3) is 11.0 Å². The maximum Gasteiger partial charge on any atom is 0.295 e. The minimum atomic E-state index is -0.811. The average molecular weight is 560 g/mol. The van der Waals surface area contributed by atoms with Gasteiger partial charge in [0.15, 0.2) is 22.7 Å². The molecular formula is C32H30ClNO6. The number of halogens is 1. The normalized spacial score (nSPS) is 14.6. The van der Waals surface area contributed by atoms with E-state index < -0.39 is 11.9 Å². The van der Waals surface area contributed by atoms with Crippen LogP contribution < -0.4 is 19.8 Å². The van der Waals surface area contributed by atoms with Crippen molar-refractivity contribution in [3.8, 4) is 11.5 Å². The largest absolute Gasteiger partial charge is 0.490 e. The van der Waals surface area contributed by atoms with E-state index in [1.54, 1.807) is 54.6 Å². The van der Waals surface area contributed by atoms with Gasteiger partial charge in [-0.15, -0.1) is 0 Å². The molecule has 1 aromatic heterocycles. The van der Waals surface area contributed by atoms with Gasteiger partial charge in [-0.25, -0.2) is 0 Å². The van der Waals surface area contributed by atoms with Crippen LogP contribution in [0.5, 0.6) is 11.5 Å². The molecule has 0 spiro atoms. The number of Topliss-reactive ketones (excluding diaryl/α,β-unsaturated/α-hetero) is 1. The van der Waals surface area contributed by atoms with E-state index in [1.807, 2.05) is 13.0 Å². The number of hydrogen-bond donors (Lipinski definition) is 0. The Morgan fingerprint density at radius 2 is 1.75 bits per heavy atom. The van der Waals surface area contributed by atoms with Gasteiger partial charge in [-0.3, -0.25) is 19.3 Å². The first-order valence-electron chi connectivity index (χ1n) is 13.3. The molecule has 0 N–H and O–H groups in total. The number of anilines is 1. The second-order valence-electron chi connectivity index (χ2n) is 10.2. The third kappa shape index (κ3) is 5.09. The van der Waals surface area contributed by atoms with Crippen LogP contribution in [0.15, 0.2) is 69.9 Å². The summed E-state index contributed by atoms with van der Waals surface area (Å²) in [6.07, 6.45) is 0.887. The first kappa shape index (κ1) is 27.5. The molecule has 3 aromatic carbocycles. The summed E-state index contributed by atoms with van der Waals surface area (Å²) in [7, 11) is 0. The fourth-order valence-corrected chi connectivity index (χ4v) is 5.04. The van der Waals surface area contributed by atoms with Crippen molar-refractivity contribution in [2.75, 3.05) is 18.1 Å². The lowest BCUT2D eigenvalue weighted by molar-refractivity contribution is 0.0970. The van der Waals surface area contributed by atoms with Gasteiger partial charge in [-0.05, 0) is 86.3 Å². The molecule has 0 radical (unpaired) electrons. The van der Waals surface area contributed by atoms with Crippen molar-refractivity contribution >= 4 is 39.9 Å². The van der Waals surface area contributed by atoms with Gasteiger partial charge >= 0.3 is 0 Å². The Bertz CT molecular complexity index is 1660. The first-order chi connectivity index (χ1) is 19.2. The predicted octanol–water partition coefficient (Wildman–Crippen LogP) is 7.22. The van der Waals surface area contributed by atoms with Crippen LogP contribution >= 0.6 is 11.6 Å². The number of rotatable bonds is 9. The Morgan fingerprint density at radius 3 is 2.42 bits per heavy atom. The third-order valence-electron chi connectivity index (χ3n) is 6.92. The summed E-state index contributed by atoms with van der Waals surface area (Å²) < 4.78 is 18.0. The maximum absolute atomic E-state index is 13.9. The van der Waals surface area contributed by atoms with E-state index in [2.05, 4.69) is 13.8 Å². The van der Waals surface area contributed by atoms with E-state index in [0.717, 1.165) is 6.42 Å². The molecule has 4 aromatic rings. The molecule has 0 bridgehead atoms. The van der Waals surface area contributed by atoms with Crippen LogP contribution in [-0.4, -0.2) is 24.9 Å². The van der Waals surface area contributed by atoms with Crippen molar-refractivity contribution in [3.05, 3.63) is 98.4 Å². The van der Waals surface area contributed by atoms with Gasteiger partial charge in [0.25, 0.3) is 5.91 Å². The van der Waals surface area contributed by atoms with Crippen LogP contribution in [0.1, 0.15) is 72.2 Å². The number of carbonyl (C=O) groups excluding carboxylic acids is 2. The molecule has 0 saturated heterocycles. The monoisotopic (exact) mass is 559 g/mol. The summed E-state index contributed by atoms with van der Waals surface area (Å²) in [6, 6.07) is 16.1. The molecule has 5 rings (SSSR count). The number of ether oxygens (including phenoxy) is 2. The van der Waals surface area contributed by atoms with E-state index in [4.69, 9.17) is 25.5 Å². The zero-order chi connectivity index (χ0) is 28.6. The average Bonchev–Trinajstić information content (AvgIpc) is 3.22. The summed E-state index contributed by atoms with van der Waals surface area (Å²) in [5, 5.41) is 0.676. The minimum Gasteiger partial charge on any atom is -0.490 e. The molecule has 8 heteroatoms. The third-order valence-corrected chi connectivity index (χ3v) is 7.16. The number of hydrogen-bond acceptors (Lipinski definition) is 6. The van der Waals surface area contributed by atoms with E-state index >= 15 is 0 Å². The number of amides is 1. The highest BCUT2D eigenvalue weighted by Gasteiger charge is 2.44. The molecule has 40 heavy (non-hydrogen) atoms. The Balaban J connectivity index is 1.69. The van der Waals surface area contributed by atoms with Crippen molar-refractivity contribution in [1.82, 2.24) is 0 Å². The Kier molecular flexibility index (Phi) is 7.68. The second-order valence-corrected chi connectivity index (χ2v) is 10.6. The van der Waals surface area contributed by atoms with Crippen LogP contribution in [-0.2, 0) is 0 Å². The highest BCUT2D eigenvalue weighted by molar-refractivity contribution is 6.31. The van der Waals surface area contributed by atoms with Gasteiger partial charge < -0.3 is 13.9 Å². The molecule has 0 saturated carbocycles. The maximum atomic E-state index is 13.9. The fraction of sp³-hybridized carbons (Fsp3) is 0.281. The molecule has 1 unspecified atom stereocenters. The quantitative estimate of drug-likeness (QED) is 0.201. The number of benzene rings is 3. The zero-order valence-corrected chi connectivity index (χ0v) is 23.6. The second kappa shape index (κ2) is 11.2. The lowest BCUT2D eigenvalue weighted by atomic mass is 9.97. The standard InChI is InChI=1S/C32H30ClNO6/c1-5-38-27-16-21(8-12-26(27)39-15-14-18(2)3)29-28-30(36)24-17-22(33)9-13-25(24)40-31(28)32(37)34(29)23-10-6-20(7-11-23)19(4)35/h6-13,16-18,29H,5,14-15H2,1-4H3. The molecule has 0 fully saturated rings. The Hall–Kier alpha value is -4.10. The van der Waals surface area contributed by atoms with Crippen molar-refractivity contribution in [2.45, 2.75) is 40.2 Å². The summed E-state index contributed by atoms with van der Waals surface area (Å²) in [5.74, 6) is 1.01. The molecule has 1 aliphatic heterocycles. The summed E-state index contributed by atoms with van der Waals surface area (Å²) in [6.45, 7) is 8.56. The van der Waals surface area contributed by atoms with Crippen molar-refractivity contribution < 1.29 is 23.5 Å². The highest BCUT2D eigenvalue weighted by Crippen LogP contribution is 2.43. The van der Waals surface area contributed by atoms with Crippen LogP contribution in [0.2, 0.25) is 5.02 Å². The minimum absolute atomic E-state index is 0.0318. The molecule has 2 heterocycles. The molecule has 7 nitrogen and oxygen atoms in total. The van der Waals surface area contributed by atoms with Crippen molar-refractivity contribution in [3.63, 3.8) is 0 Å². The summed E-state index contributed by atoms with van der Waals surface area (Å²) in [4.78, 5) is 41.2. The fourth-order valence-electron chi connectivity index (χ4n) is 4.87. The predicted molar refractivity (Wildman–Crippen MR) is 155 cm³/mol. The van der Waals surface area contributed by atoms with Gasteiger partial charge in [-0.1, -0.05) is 31.5 Å². The van der Waals surface area contributed by atoms with Crippen molar-refractivity contribution in [2.24, 2.45) is 5.92 Å². The number of nitrogens with zero attached hydrogens (tertiary/aromatic N) is 1. The van der Waals surface area contributed by atoms with E-state index in [1.165, 1.54) is 11.8 Å². The molecule has 1 atom stereocenters. The number of ketones is 1. The highest BCUT2D eigenvalue weighted by atomic mass is 35.5. The first-order valence-corrected chi connectivity index (χ1v) is 13.7. The summed E-state index contributed by atoms with van der Waals surface area (Å²) >= 11 is 6.21. The Labute approximate surface area is 237 Å². The van der Waals surface area contributed by atoms with Gasteiger partial charge in [0.1, 0.15) is 5.58 Å². The van der Waals surface area contributed by atoms with Crippen molar-refractivity contribution in [1.29, 1.82) is 0 Å². The number of fused-ring (bicyclic) bond motifs is 2. The topological polar surface area (TPSA) is 86.0 Å². The lowest BCUT2D eigenvalue weighted by Crippen LogP contribution is -2.29. The van der Waals surface area contributed by atoms with E-state index in [0.29, 0.717) is 52.5 Å². The van der Waals surface area contributed by atoms with Gasteiger partial charge in [0.05, 0.1) is 30.2 Å². The molecular weight excluding hydrogens is 530 g/mol. The Morgan fingerprint density at radius 1 is 1.00 bits per heavy atom. The molecule has 0 aliphatic carbocycles. The molecule has 206 valence electrons. The SMILES string of the molecule is CCOc1cc(C2c3c(oc4ccc(Cl)cc4c3=O)C(=O)N2c2ccc(C(C)=O)cc2)ccc1OCCC(C)C. The lowest BCUT2D eigenvalue weighted by Gasteiger charge is -2.26. The van der Waals surface area contributed by atoms with Crippen LogP contribution in [0.4, 0.5) is 5.69 Å². The summed E-state index contributed by atoms with van der Waals surface area (Å²) in [5.41, 5.74) is 1.83. The van der Waals surface area contributed by atoms with Gasteiger partial charge in [-0.2, -0.15) is 0 Å². The molecule has 1 amide bonds.